The molecule has 2 N–H and O–H groups in total. The van der Waals surface area contributed by atoms with Crippen LogP contribution in [0.3, 0.4) is 0 Å². The van der Waals surface area contributed by atoms with E-state index in [0.29, 0.717) is 18.0 Å². The molecule has 0 saturated carbocycles. The summed E-state index contributed by atoms with van der Waals surface area (Å²) in [5.74, 6) is 0.438. The number of hydrogen-bond donors (Lipinski definition) is 2. The van der Waals surface area contributed by atoms with Crippen molar-refractivity contribution in [3.05, 3.63) is 75.2 Å². The van der Waals surface area contributed by atoms with Crippen molar-refractivity contribution < 1.29 is 5.11 Å². The van der Waals surface area contributed by atoms with Gasteiger partial charge in [-0.15, -0.1) is 0 Å². The molecule has 23 heavy (non-hydrogen) atoms. The van der Waals surface area contributed by atoms with Gasteiger partial charge in [-0.2, -0.15) is 0 Å². The van der Waals surface area contributed by atoms with Gasteiger partial charge in [-0.1, -0.05) is 35.9 Å². The Morgan fingerprint density at radius 2 is 2.04 bits per heavy atom. The van der Waals surface area contributed by atoms with Gasteiger partial charge in [0.15, 0.2) is 0 Å². The maximum atomic E-state index is 12.5. The molecule has 3 rings (SSSR count). The first-order valence-corrected chi connectivity index (χ1v) is 7.51. The summed E-state index contributed by atoms with van der Waals surface area (Å²) in [4.78, 5) is 17.1. The molecule has 1 aromatic carbocycles. The van der Waals surface area contributed by atoms with Crippen LogP contribution in [-0.4, -0.2) is 14.5 Å². The summed E-state index contributed by atoms with van der Waals surface area (Å²) in [7, 11) is 0. The van der Waals surface area contributed by atoms with Crippen molar-refractivity contribution in [2.24, 2.45) is 0 Å². The maximum Gasteiger partial charge on any atom is 0.265 e. The highest BCUT2D eigenvalue weighted by molar-refractivity contribution is 5.55. The highest BCUT2D eigenvalue weighted by Gasteiger charge is 2.12. The molecule has 5 heteroatoms. The van der Waals surface area contributed by atoms with E-state index in [1.807, 2.05) is 38.1 Å². The minimum absolute atomic E-state index is 0.243. The van der Waals surface area contributed by atoms with Crippen LogP contribution in [0, 0.1) is 13.8 Å². The van der Waals surface area contributed by atoms with Gasteiger partial charge in [0.1, 0.15) is 11.5 Å². The second-order valence-corrected chi connectivity index (χ2v) is 5.63. The fourth-order valence-corrected chi connectivity index (χ4v) is 2.63. The SMILES string of the molecule is Cc1cccc(CNc2nc3c(C)cccn3c(=O)c2CO)c1. The van der Waals surface area contributed by atoms with Gasteiger partial charge in [-0.05, 0) is 31.0 Å². The quantitative estimate of drug-likeness (QED) is 0.777. The van der Waals surface area contributed by atoms with Gasteiger partial charge in [0.2, 0.25) is 0 Å². The first kappa shape index (κ1) is 15.2. The lowest BCUT2D eigenvalue weighted by molar-refractivity contribution is 0.280. The van der Waals surface area contributed by atoms with Crippen molar-refractivity contribution in [3.8, 4) is 0 Å². The predicted octanol–water partition coefficient (Wildman–Crippen LogP) is 2.42. The summed E-state index contributed by atoms with van der Waals surface area (Å²) in [5.41, 5.74) is 3.82. The van der Waals surface area contributed by atoms with Gasteiger partial charge in [0.05, 0.1) is 12.2 Å². The Labute approximate surface area is 134 Å². The van der Waals surface area contributed by atoms with Crippen molar-refractivity contribution in [1.29, 1.82) is 0 Å². The maximum absolute atomic E-state index is 12.5. The number of nitrogens with zero attached hydrogens (tertiary/aromatic N) is 2. The van der Waals surface area contributed by atoms with E-state index in [0.717, 1.165) is 11.1 Å². The van der Waals surface area contributed by atoms with E-state index < -0.39 is 0 Å². The molecule has 2 heterocycles. The molecular formula is C18H19N3O2. The van der Waals surface area contributed by atoms with Crippen LogP contribution in [0.2, 0.25) is 0 Å². The molecule has 0 aliphatic heterocycles. The Hall–Kier alpha value is -2.66. The molecule has 3 aromatic rings. The fourth-order valence-electron chi connectivity index (χ4n) is 2.63. The Balaban J connectivity index is 2.02. The van der Waals surface area contributed by atoms with Crippen molar-refractivity contribution in [2.45, 2.75) is 27.0 Å². The van der Waals surface area contributed by atoms with Gasteiger partial charge in [0, 0.05) is 12.7 Å². The summed E-state index contributed by atoms with van der Waals surface area (Å²) in [6.45, 7) is 4.14. The van der Waals surface area contributed by atoms with E-state index in [2.05, 4.69) is 16.4 Å². The summed E-state index contributed by atoms with van der Waals surface area (Å²) >= 11 is 0. The van der Waals surface area contributed by atoms with Crippen LogP contribution in [0.4, 0.5) is 5.82 Å². The van der Waals surface area contributed by atoms with Crippen LogP contribution in [0.25, 0.3) is 5.65 Å². The molecule has 0 fully saturated rings. The van der Waals surface area contributed by atoms with Crippen LogP contribution in [0.15, 0.2) is 47.4 Å². The molecule has 0 atom stereocenters. The molecule has 0 amide bonds. The molecule has 0 aliphatic carbocycles. The second kappa shape index (κ2) is 6.22. The third kappa shape index (κ3) is 2.96. The van der Waals surface area contributed by atoms with E-state index in [1.54, 1.807) is 12.3 Å². The zero-order valence-electron chi connectivity index (χ0n) is 13.2. The van der Waals surface area contributed by atoms with Crippen LogP contribution in [0.5, 0.6) is 0 Å². The van der Waals surface area contributed by atoms with Crippen LogP contribution < -0.4 is 10.9 Å². The summed E-state index contributed by atoms with van der Waals surface area (Å²) < 4.78 is 1.47. The lowest BCUT2D eigenvalue weighted by Gasteiger charge is -2.12. The van der Waals surface area contributed by atoms with Crippen molar-refractivity contribution in [3.63, 3.8) is 0 Å². The van der Waals surface area contributed by atoms with Gasteiger partial charge in [-0.25, -0.2) is 4.98 Å². The largest absolute Gasteiger partial charge is 0.391 e. The number of aliphatic hydroxyl groups excluding tert-OH is 1. The highest BCUT2D eigenvalue weighted by atomic mass is 16.3. The average molecular weight is 309 g/mol. The van der Waals surface area contributed by atoms with Crippen LogP contribution >= 0.6 is 0 Å². The van der Waals surface area contributed by atoms with Crippen LogP contribution in [-0.2, 0) is 13.2 Å². The Bertz CT molecular complexity index is 916. The standard InChI is InChI=1S/C18H19N3O2/c1-12-5-3-7-14(9-12)10-19-16-15(11-22)18(23)21-8-4-6-13(2)17(21)20-16/h3-9,19,22H,10-11H2,1-2H3. The number of pyridine rings is 1. The molecule has 118 valence electrons. The summed E-state index contributed by atoms with van der Waals surface area (Å²) in [6.07, 6.45) is 1.67. The average Bonchev–Trinajstić information content (AvgIpc) is 2.54. The number of aromatic nitrogens is 2. The van der Waals surface area contributed by atoms with Crippen LogP contribution in [0.1, 0.15) is 22.3 Å². The summed E-state index contributed by atoms with van der Waals surface area (Å²) in [6, 6.07) is 11.8. The first-order chi connectivity index (χ1) is 11.1. The molecule has 2 aromatic heterocycles. The molecule has 0 spiro atoms. The van der Waals surface area contributed by atoms with Crippen molar-refractivity contribution >= 4 is 11.5 Å². The van der Waals surface area contributed by atoms with Gasteiger partial charge in [0.25, 0.3) is 5.56 Å². The van der Waals surface area contributed by atoms with Gasteiger partial charge >= 0.3 is 0 Å². The van der Waals surface area contributed by atoms with Crippen molar-refractivity contribution in [2.75, 3.05) is 5.32 Å². The van der Waals surface area contributed by atoms with E-state index >= 15 is 0 Å². The predicted molar refractivity (Wildman–Crippen MR) is 90.6 cm³/mol. The Morgan fingerprint density at radius 3 is 2.78 bits per heavy atom. The lowest BCUT2D eigenvalue weighted by Crippen LogP contribution is -2.23. The minimum atomic E-state index is -0.348. The Morgan fingerprint density at radius 1 is 1.22 bits per heavy atom. The molecule has 0 unspecified atom stereocenters. The topological polar surface area (TPSA) is 66.6 Å². The third-order valence-corrected chi connectivity index (χ3v) is 3.84. The molecule has 0 saturated heterocycles. The number of fused-ring (bicyclic) bond motifs is 1. The second-order valence-electron chi connectivity index (χ2n) is 5.63. The normalized spacial score (nSPS) is 10.9. The van der Waals surface area contributed by atoms with Gasteiger partial charge < -0.3 is 10.4 Å². The van der Waals surface area contributed by atoms with Crippen molar-refractivity contribution in [1.82, 2.24) is 9.38 Å². The number of nitrogens with one attached hydrogen (secondary N) is 1. The number of benzene rings is 1. The highest BCUT2D eigenvalue weighted by Crippen LogP contribution is 2.15. The number of aryl methyl sites for hydroxylation is 2. The third-order valence-electron chi connectivity index (χ3n) is 3.84. The number of aliphatic hydroxyl groups is 1. The molecule has 0 aliphatic rings. The number of rotatable bonds is 4. The van der Waals surface area contributed by atoms with E-state index in [9.17, 15) is 9.90 Å². The smallest absolute Gasteiger partial charge is 0.265 e. The first-order valence-electron chi connectivity index (χ1n) is 7.51. The monoisotopic (exact) mass is 309 g/mol. The summed E-state index contributed by atoms with van der Waals surface area (Å²) in [5, 5.41) is 12.8. The van der Waals surface area contributed by atoms with E-state index in [1.165, 1.54) is 9.96 Å². The number of anilines is 1. The molecule has 0 bridgehead atoms. The fraction of sp³-hybridized carbons (Fsp3) is 0.222. The Kier molecular flexibility index (Phi) is 4.12. The number of hydrogen-bond acceptors (Lipinski definition) is 4. The zero-order valence-corrected chi connectivity index (χ0v) is 13.2. The van der Waals surface area contributed by atoms with Gasteiger partial charge in [-0.3, -0.25) is 9.20 Å². The minimum Gasteiger partial charge on any atom is -0.391 e. The van der Waals surface area contributed by atoms with E-state index in [4.69, 9.17) is 0 Å². The zero-order chi connectivity index (χ0) is 16.4. The molecular weight excluding hydrogens is 290 g/mol. The molecule has 5 nitrogen and oxygen atoms in total. The molecule has 0 radical (unpaired) electrons. The van der Waals surface area contributed by atoms with E-state index in [-0.39, 0.29) is 17.7 Å². The lowest BCUT2D eigenvalue weighted by atomic mass is 10.1.